The van der Waals surface area contributed by atoms with E-state index < -0.39 is 0 Å². The summed E-state index contributed by atoms with van der Waals surface area (Å²) in [4.78, 5) is 15.1. The summed E-state index contributed by atoms with van der Waals surface area (Å²) < 4.78 is 5.62. The summed E-state index contributed by atoms with van der Waals surface area (Å²) in [7, 11) is 1.79. The number of methoxy groups -OCH3 is 1. The number of amides is 1. The molecule has 0 spiro atoms. The first-order valence-electron chi connectivity index (χ1n) is 11.8. The van der Waals surface area contributed by atoms with E-state index in [0.717, 1.165) is 64.8 Å². The molecular formula is C25H38N2O3. The van der Waals surface area contributed by atoms with E-state index in [-0.39, 0.29) is 17.9 Å². The number of aliphatic hydroxyl groups is 1. The van der Waals surface area contributed by atoms with Gasteiger partial charge in [0.1, 0.15) is 0 Å². The van der Waals surface area contributed by atoms with E-state index in [9.17, 15) is 9.90 Å². The highest BCUT2D eigenvalue weighted by Gasteiger charge is 2.42. The molecule has 3 fully saturated rings. The van der Waals surface area contributed by atoms with Crippen molar-refractivity contribution >= 4 is 5.91 Å². The minimum atomic E-state index is 0.129. The van der Waals surface area contributed by atoms with Gasteiger partial charge in [-0.2, -0.15) is 0 Å². The van der Waals surface area contributed by atoms with Crippen LogP contribution in [0.3, 0.4) is 0 Å². The summed E-state index contributed by atoms with van der Waals surface area (Å²) >= 11 is 0. The van der Waals surface area contributed by atoms with Gasteiger partial charge in [0.2, 0.25) is 5.91 Å². The van der Waals surface area contributed by atoms with Gasteiger partial charge in [-0.05, 0) is 56.4 Å². The maximum atomic E-state index is 13.0. The van der Waals surface area contributed by atoms with Gasteiger partial charge in [-0.25, -0.2) is 0 Å². The molecule has 0 aromatic heterocycles. The highest BCUT2D eigenvalue weighted by Crippen LogP contribution is 2.42. The number of nitrogens with zero attached hydrogens (tertiary/aromatic N) is 1. The number of likely N-dealkylation sites (tertiary alicyclic amines) is 1. The smallest absolute Gasteiger partial charge is 0.225 e. The molecule has 30 heavy (non-hydrogen) atoms. The molecule has 1 unspecified atom stereocenters. The van der Waals surface area contributed by atoms with Crippen molar-refractivity contribution in [3.63, 3.8) is 0 Å². The molecule has 2 N–H and O–H groups in total. The van der Waals surface area contributed by atoms with E-state index in [1.165, 1.54) is 12.0 Å². The van der Waals surface area contributed by atoms with Crippen molar-refractivity contribution in [1.82, 2.24) is 10.2 Å². The molecule has 3 aliphatic rings. The Bertz CT molecular complexity index is 679. The Kier molecular flexibility index (Phi) is 7.12. The van der Waals surface area contributed by atoms with Crippen LogP contribution < -0.4 is 5.32 Å². The molecule has 1 aliphatic heterocycles. The number of benzene rings is 1. The van der Waals surface area contributed by atoms with Crippen molar-refractivity contribution in [2.24, 2.45) is 17.3 Å². The van der Waals surface area contributed by atoms with Crippen LogP contribution in [0.15, 0.2) is 30.3 Å². The van der Waals surface area contributed by atoms with Crippen molar-refractivity contribution in [1.29, 1.82) is 0 Å². The predicted molar refractivity (Wildman–Crippen MR) is 118 cm³/mol. The third-order valence-corrected chi connectivity index (χ3v) is 7.80. The van der Waals surface area contributed by atoms with Crippen molar-refractivity contribution in [3.05, 3.63) is 35.9 Å². The molecule has 0 bridgehead atoms. The zero-order valence-corrected chi connectivity index (χ0v) is 18.4. The molecular weight excluding hydrogens is 376 g/mol. The van der Waals surface area contributed by atoms with Crippen LogP contribution in [0, 0.1) is 17.3 Å². The second kappa shape index (κ2) is 9.80. The van der Waals surface area contributed by atoms with Crippen molar-refractivity contribution in [2.75, 3.05) is 40.0 Å². The molecule has 1 aromatic carbocycles. The minimum Gasteiger partial charge on any atom is -0.396 e. The number of ether oxygens (including phenoxy) is 1. The maximum absolute atomic E-state index is 13.0. The number of carbonyl (C=O) groups excluding carboxylic acids is 1. The molecule has 4 rings (SSSR count). The van der Waals surface area contributed by atoms with Gasteiger partial charge >= 0.3 is 0 Å². The van der Waals surface area contributed by atoms with E-state index in [1.54, 1.807) is 7.11 Å². The van der Waals surface area contributed by atoms with Gasteiger partial charge in [-0.15, -0.1) is 0 Å². The molecule has 5 heteroatoms. The van der Waals surface area contributed by atoms with E-state index in [0.29, 0.717) is 23.8 Å². The Hall–Kier alpha value is -1.43. The van der Waals surface area contributed by atoms with Crippen LogP contribution in [0.5, 0.6) is 0 Å². The standard InChI is InChI=1S/C25H38N2O3/c1-30-18-25(17-26-23-15-22(23)20-5-3-2-4-6-20)11-13-27(14-12-25)24(29)21-9-7-19(16-28)8-10-21/h2-6,19,21-23,26,28H,7-18H2,1H3/t19-,21-,22?,23-/m1/s1. The van der Waals surface area contributed by atoms with Gasteiger partial charge in [0.15, 0.2) is 0 Å². The fourth-order valence-electron chi connectivity index (χ4n) is 5.57. The number of carbonyl (C=O) groups is 1. The predicted octanol–water partition coefficient (Wildman–Crippen LogP) is 3.19. The monoisotopic (exact) mass is 414 g/mol. The zero-order chi connectivity index (χ0) is 21.0. The lowest BCUT2D eigenvalue weighted by Crippen LogP contribution is -2.50. The fourth-order valence-corrected chi connectivity index (χ4v) is 5.57. The molecule has 5 nitrogen and oxygen atoms in total. The first kappa shape index (κ1) is 21.8. The van der Waals surface area contributed by atoms with Crippen LogP contribution >= 0.6 is 0 Å². The Labute approximate surface area is 181 Å². The average Bonchev–Trinajstić information content (AvgIpc) is 3.59. The van der Waals surface area contributed by atoms with E-state index in [1.807, 2.05) is 0 Å². The van der Waals surface area contributed by atoms with E-state index in [4.69, 9.17) is 4.74 Å². The molecule has 1 amide bonds. The van der Waals surface area contributed by atoms with Gasteiger partial charge in [0.05, 0.1) is 6.61 Å². The Morgan fingerprint density at radius 3 is 2.50 bits per heavy atom. The first-order valence-corrected chi connectivity index (χ1v) is 11.8. The summed E-state index contributed by atoms with van der Waals surface area (Å²) in [5.41, 5.74) is 1.57. The molecule has 1 heterocycles. The zero-order valence-electron chi connectivity index (χ0n) is 18.4. The normalized spacial score (nSPS) is 30.8. The van der Waals surface area contributed by atoms with E-state index in [2.05, 4.69) is 40.5 Å². The Morgan fingerprint density at radius 1 is 1.17 bits per heavy atom. The van der Waals surface area contributed by atoms with Crippen molar-refractivity contribution in [3.8, 4) is 0 Å². The molecule has 2 atom stereocenters. The Balaban J connectivity index is 1.26. The summed E-state index contributed by atoms with van der Waals surface area (Å²) in [5.74, 6) is 1.55. The van der Waals surface area contributed by atoms with Gasteiger partial charge in [-0.3, -0.25) is 4.79 Å². The lowest BCUT2D eigenvalue weighted by Gasteiger charge is -2.43. The first-order chi connectivity index (χ1) is 14.6. The fraction of sp³-hybridized carbons (Fsp3) is 0.720. The topological polar surface area (TPSA) is 61.8 Å². The number of piperidine rings is 1. The highest BCUT2D eigenvalue weighted by atomic mass is 16.5. The third-order valence-electron chi connectivity index (χ3n) is 7.80. The van der Waals surface area contributed by atoms with Crippen LogP contribution in [0.2, 0.25) is 0 Å². The number of nitrogens with one attached hydrogen (secondary N) is 1. The molecule has 1 saturated heterocycles. The van der Waals surface area contributed by atoms with Crippen molar-refractivity contribution in [2.45, 2.75) is 56.9 Å². The molecule has 2 aliphatic carbocycles. The maximum Gasteiger partial charge on any atom is 0.225 e. The number of hydrogen-bond acceptors (Lipinski definition) is 4. The summed E-state index contributed by atoms with van der Waals surface area (Å²) in [6.45, 7) is 3.68. The molecule has 0 radical (unpaired) electrons. The van der Waals surface area contributed by atoms with Gasteiger partial charge in [0.25, 0.3) is 0 Å². The molecule has 1 aromatic rings. The largest absolute Gasteiger partial charge is 0.396 e. The van der Waals surface area contributed by atoms with Crippen molar-refractivity contribution < 1.29 is 14.6 Å². The lowest BCUT2D eigenvalue weighted by molar-refractivity contribution is -0.140. The number of hydrogen-bond donors (Lipinski definition) is 2. The number of aliphatic hydroxyl groups excluding tert-OH is 1. The molecule has 2 saturated carbocycles. The van der Waals surface area contributed by atoms with Gasteiger partial charge in [0, 0.05) is 56.6 Å². The summed E-state index contributed by atoms with van der Waals surface area (Å²) in [6, 6.07) is 11.4. The Morgan fingerprint density at radius 2 is 1.87 bits per heavy atom. The second-order valence-corrected chi connectivity index (χ2v) is 9.90. The summed E-state index contributed by atoms with van der Waals surface area (Å²) in [6.07, 6.45) is 7.09. The minimum absolute atomic E-state index is 0.129. The summed E-state index contributed by atoms with van der Waals surface area (Å²) in [5, 5.41) is 13.1. The third kappa shape index (κ3) is 5.06. The van der Waals surface area contributed by atoms with Crippen LogP contribution in [0.4, 0.5) is 0 Å². The number of rotatable bonds is 8. The highest BCUT2D eigenvalue weighted by molar-refractivity contribution is 5.79. The van der Waals surface area contributed by atoms with E-state index >= 15 is 0 Å². The van der Waals surface area contributed by atoms with Gasteiger partial charge < -0.3 is 20.1 Å². The second-order valence-electron chi connectivity index (χ2n) is 9.90. The quantitative estimate of drug-likeness (QED) is 0.686. The van der Waals surface area contributed by atoms with Gasteiger partial charge in [-0.1, -0.05) is 30.3 Å². The van der Waals surface area contributed by atoms with Crippen LogP contribution in [-0.2, 0) is 9.53 Å². The van der Waals surface area contributed by atoms with Crippen LogP contribution in [0.25, 0.3) is 0 Å². The average molecular weight is 415 g/mol. The SMILES string of the molecule is COCC1(CN[C@@H]2CC2c2ccccc2)CCN(C(=O)[C@H]2CC[C@H](CO)CC2)CC1. The molecule has 166 valence electrons. The van der Waals surface area contributed by atoms with Crippen LogP contribution in [0.1, 0.15) is 56.4 Å². The lowest BCUT2D eigenvalue weighted by atomic mass is 9.77. The van der Waals surface area contributed by atoms with Crippen LogP contribution in [-0.4, -0.2) is 61.9 Å².